The van der Waals surface area contributed by atoms with Gasteiger partial charge in [0, 0.05) is 48.5 Å². The molecule has 1 aromatic carbocycles. The van der Waals surface area contributed by atoms with Gasteiger partial charge in [0.2, 0.25) is 11.8 Å². The van der Waals surface area contributed by atoms with Gasteiger partial charge in [0.25, 0.3) is 0 Å². The first-order chi connectivity index (χ1) is 16.3. The molecule has 0 saturated carbocycles. The number of benzene rings is 1. The van der Waals surface area contributed by atoms with Crippen molar-refractivity contribution < 1.29 is 36.2 Å². The molecule has 0 heterocycles. The molecule has 0 aliphatic heterocycles. The minimum atomic E-state index is -0.633. The fraction of sp³-hybridized carbons (Fsp3) is 0.667. The van der Waals surface area contributed by atoms with E-state index in [1.165, 1.54) is 0 Å². The van der Waals surface area contributed by atoms with E-state index in [1.54, 1.807) is 38.5 Å². The van der Waals surface area contributed by atoms with Gasteiger partial charge in [0.15, 0.2) is 0 Å². The van der Waals surface area contributed by atoms with E-state index in [9.17, 15) is 14.4 Å². The number of carbonyl (C=O) groups is 3. The zero-order valence-electron chi connectivity index (χ0n) is 24.0. The van der Waals surface area contributed by atoms with Crippen LogP contribution in [0.15, 0.2) is 24.3 Å². The van der Waals surface area contributed by atoms with Crippen LogP contribution in [0.5, 0.6) is 0 Å². The number of nitrogens with one attached hydrogen (secondary N) is 3. The maximum absolute atomic E-state index is 12.5. The van der Waals surface area contributed by atoms with Crippen LogP contribution >= 0.6 is 0 Å². The Hall–Kier alpha value is -1.73. The van der Waals surface area contributed by atoms with E-state index in [-0.39, 0.29) is 40.7 Å². The second-order valence-electron chi connectivity index (χ2n) is 6.98. The molecule has 207 valence electrons. The van der Waals surface area contributed by atoms with Gasteiger partial charge in [0.1, 0.15) is 12.3 Å². The van der Waals surface area contributed by atoms with Gasteiger partial charge in [-0.15, -0.1) is 0 Å². The Morgan fingerprint density at radius 1 is 0.914 bits per heavy atom. The summed E-state index contributed by atoms with van der Waals surface area (Å²) < 4.78 is 4.25. The van der Waals surface area contributed by atoms with Crippen LogP contribution in [0.4, 0.5) is 5.69 Å². The number of unbranched alkanes of at least 4 members (excludes halogenated alkanes) is 1. The Kier molecular flexibility index (Phi) is 40.0. The van der Waals surface area contributed by atoms with Crippen molar-refractivity contribution in [1.82, 2.24) is 5.32 Å². The molecule has 7 nitrogen and oxygen atoms in total. The maximum atomic E-state index is 12.5. The summed E-state index contributed by atoms with van der Waals surface area (Å²) in [6.07, 6.45) is 2.62. The van der Waals surface area contributed by atoms with E-state index in [4.69, 9.17) is 5.73 Å². The standard InChI is InChI=1S/C19H28N3O3.C2H6O.3C2H6.Mn/c1-13(2)14(3)18(24)22-17(6-4-5-11-20)19(25)21-16-9-7-15(12-23)8-10-16;1-3-2;3*1-2;/h7-10,12-14,17,20H,4-6,11H2,1-3H3,(H,21,25)(H,22,24);1-2H3;3*1-2H3;/q-1;;;;;/t14?,17-;;;;;/m0...../s1. The summed E-state index contributed by atoms with van der Waals surface area (Å²) in [5, 5.41) is 5.61. The van der Waals surface area contributed by atoms with Crippen LogP contribution in [0.1, 0.15) is 91.9 Å². The molecule has 8 heteroatoms. The Bertz CT molecular complexity index is 597. The van der Waals surface area contributed by atoms with Gasteiger partial charge < -0.3 is 21.1 Å². The van der Waals surface area contributed by atoms with E-state index in [0.717, 1.165) is 6.29 Å². The molecule has 2 amide bonds. The number of carbonyl (C=O) groups excluding carboxylic acids is 3. The average molecular weight is 538 g/mol. The first-order valence-electron chi connectivity index (χ1n) is 12.5. The van der Waals surface area contributed by atoms with Crippen LogP contribution in [-0.4, -0.2) is 44.9 Å². The van der Waals surface area contributed by atoms with Crippen LogP contribution in [0, 0.1) is 11.8 Å². The zero-order chi connectivity index (χ0) is 27.5. The predicted molar refractivity (Wildman–Crippen MR) is 146 cm³/mol. The van der Waals surface area contributed by atoms with Crippen LogP contribution in [0.3, 0.4) is 0 Å². The van der Waals surface area contributed by atoms with E-state index in [0.29, 0.717) is 37.1 Å². The predicted octanol–water partition coefficient (Wildman–Crippen LogP) is 6.78. The summed E-state index contributed by atoms with van der Waals surface area (Å²) in [6.45, 7) is 18.1. The molecule has 0 saturated heterocycles. The number of aldehydes is 1. The fourth-order valence-corrected chi connectivity index (χ4v) is 2.22. The number of amides is 2. The molecule has 1 unspecified atom stereocenters. The molecule has 0 aromatic heterocycles. The fourth-order valence-electron chi connectivity index (χ4n) is 2.22. The molecule has 0 aliphatic rings. The van der Waals surface area contributed by atoms with Crippen LogP contribution in [-0.2, 0) is 31.4 Å². The van der Waals surface area contributed by atoms with E-state index in [2.05, 4.69) is 15.4 Å². The van der Waals surface area contributed by atoms with Crippen molar-refractivity contribution in [2.24, 2.45) is 11.8 Å². The molecule has 1 rings (SSSR count). The maximum Gasteiger partial charge on any atom is 0.246 e. The molecule has 1 aromatic rings. The topological polar surface area (TPSA) is 108 Å². The molecular formula is C27H52MnN3O4-. The number of anilines is 1. The molecular weight excluding hydrogens is 485 g/mol. The van der Waals surface area contributed by atoms with Crippen molar-refractivity contribution in [1.29, 1.82) is 0 Å². The number of hydrogen-bond acceptors (Lipinski definition) is 4. The quantitative estimate of drug-likeness (QED) is 0.195. The van der Waals surface area contributed by atoms with E-state index < -0.39 is 6.04 Å². The van der Waals surface area contributed by atoms with Crippen molar-refractivity contribution in [3.05, 3.63) is 35.6 Å². The average Bonchev–Trinajstić information content (AvgIpc) is 2.87. The van der Waals surface area contributed by atoms with Gasteiger partial charge in [-0.3, -0.25) is 14.4 Å². The monoisotopic (exact) mass is 537 g/mol. The molecule has 0 fully saturated rings. The number of methoxy groups -OCH3 is 1. The summed E-state index contributed by atoms with van der Waals surface area (Å²) in [5.41, 5.74) is 8.33. The Morgan fingerprint density at radius 3 is 1.74 bits per heavy atom. The summed E-state index contributed by atoms with van der Waals surface area (Å²) in [7, 11) is 3.25. The van der Waals surface area contributed by atoms with Crippen molar-refractivity contribution >= 4 is 23.8 Å². The van der Waals surface area contributed by atoms with E-state index >= 15 is 0 Å². The Labute approximate surface area is 226 Å². The summed E-state index contributed by atoms with van der Waals surface area (Å²) in [5.74, 6) is -0.420. The molecule has 3 N–H and O–H groups in total. The second kappa shape index (κ2) is 32.3. The van der Waals surface area contributed by atoms with Crippen molar-refractivity contribution in [2.45, 2.75) is 87.6 Å². The zero-order valence-corrected chi connectivity index (χ0v) is 25.1. The van der Waals surface area contributed by atoms with Crippen molar-refractivity contribution in [3.63, 3.8) is 0 Å². The Balaban J connectivity index is -0.000000265. The van der Waals surface area contributed by atoms with Gasteiger partial charge >= 0.3 is 0 Å². The Morgan fingerprint density at radius 2 is 1.37 bits per heavy atom. The largest absolute Gasteiger partial charge is 0.677 e. The summed E-state index contributed by atoms with van der Waals surface area (Å²) >= 11 is 0. The third-order valence-corrected chi connectivity index (χ3v) is 4.28. The molecule has 0 aliphatic carbocycles. The van der Waals surface area contributed by atoms with Crippen LogP contribution in [0.2, 0.25) is 0 Å². The molecule has 0 bridgehead atoms. The molecule has 0 spiro atoms. The minimum absolute atomic E-state index is 0. The van der Waals surface area contributed by atoms with Gasteiger partial charge in [-0.05, 0) is 36.6 Å². The van der Waals surface area contributed by atoms with E-state index in [1.807, 2.05) is 62.3 Å². The number of rotatable bonds is 10. The van der Waals surface area contributed by atoms with Gasteiger partial charge in [-0.25, -0.2) is 0 Å². The van der Waals surface area contributed by atoms with Gasteiger partial charge in [-0.1, -0.05) is 75.2 Å². The summed E-state index contributed by atoms with van der Waals surface area (Å²) in [6, 6.07) is 5.92. The van der Waals surface area contributed by atoms with Crippen LogP contribution < -0.4 is 10.6 Å². The van der Waals surface area contributed by atoms with Crippen LogP contribution in [0.25, 0.3) is 5.73 Å². The third-order valence-electron chi connectivity index (χ3n) is 4.28. The number of ether oxygens (including phenoxy) is 1. The minimum Gasteiger partial charge on any atom is -0.677 e. The van der Waals surface area contributed by atoms with Gasteiger partial charge in [0.05, 0.1) is 0 Å². The number of hydrogen-bond donors (Lipinski definition) is 2. The van der Waals surface area contributed by atoms with Gasteiger partial charge in [-0.2, -0.15) is 6.54 Å². The SMILES string of the molecule is CC.CC.CC.CC(C)C(C)C(=O)N[C@@H](CCCC[NH-])C(=O)Nc1ccc(C=O)cc1.COC.[Mn]. The second-order valence-corrected chi connectivity index (χ2v) is 6.98. The first kappa shape index (κ1) is 43.4. The van der Waals surface area contributed by atoms with Crippen molar-refractivity contribution in [3.8, 4) is 0 Å². The smallest absolute Gasteiger partial charge is 0.246 e. The molecule has 35 heavy (non-hydrogen) atoms. The first-order valence-corrected chi connectivity index (χ1v) is 12.5. The molecule has 2 atom stereocenters. The summed E-state index contributed by atoms with van der Waals surface area (Å²) in [4.78, 5) is 35.5. The normalized spacial score (nSPS) is 10.4. The third kappa shape index (κ3) is 23.8. The van der Waals surface area contributed by atoms with Crippen molar-refractivity contribution in [2.75, 3.05) is 26.1 Å². The molecule has 1 radical (unpaired) electrons.